The van der Waals surface area contributed by atoms with E-state index >= 15 is 0 Å². The lowest BCUT2D eigenvalue weighted by Crippen LogP contribution is -2.39. The summed E-state index contributed by atoms with van der Waals surface area (Å²) in [6.45, 7) is 2.86. The van der Waals surface area contributed by atoms with Crippen LogP contribution in [0.1, 0.15) is 30.0 Å². The topological polar surface area (TPSA) is 63.2 Å². The zero-order valence-electron chi connectivity index (χ0n) is 12.5. The Bertz CT molecular complexity index is 747. The third kappa shape index (κ3) is 2.89. The van der Waals surface area contributed by atoms with Crippen LogP contribution < -0.4 is 0 Å². The molecular weight excluding hydrogens is 298 g/mol. The molecule has 3 rings (SSSR count). The average Bonchev–Trinajstić information content (AvgIpc) is 2.56. The number of sulfonamides is 1. The first kappa shape index (κ1) is 15.1. The van der Waals surface area contributed by atoms with Gasteiger partial charge in [-0.15, -0.1) is 0 Å². The summed E-state index contributed by atoms with van der Waals surface area (Å²) < 4.78 is 27.3. The molecular formula is C16H19N3O2S. The van der Waals surface area contributed by atoms with Crippen molar-refractivity contribution in [1.82, 2.24) is 14.3 Å². The van der Waals surface area contributed by atoms with E-state index in [9.17, 15) is 8.42 Å². The van der Waals surface area contributed by atoms with E-state index < -0.39 is 10.0 Å². The molecule has 1 unspecified atom stereocenters. The largest absolute Gasteiger partial charge is 0.261 e. The minimum absolute atomic E-state index is 0.112. The smallest absolute Gasteiger partial charge is 0.243 e. The Morgan fingerprint density at radius 3 is 2.77 bits per heavy atom. The monoisotopic (exact) mass is 317 g/mol. The molecule has 0 aliphatic carbocycles. The van der Waals surface area contributed by atoms with Crippen LogP contribution in [0.4, 0.5) is 0 Å². The number of nitrogens with zero attached hydrogens (tertiary/aromatic N) is 3. The number of benzene rings is 1. The molecule has 116 valence electrons. The van der Waals surface area contributed by atoms with Gasteiger partial charge in [0, 0.05) is 37.6 Å². The molecule has 0 N–H and O–H groups in total. The molecule has 6 heteroatoms. The van der Waals surface area contributed by atoms with Crippen LogP contribution in [0, 0.1) is 6.92 Å². The molecule has 1 aliphatic heterocycles. The van der Waals surface area contributed by atoms with Gasteiger partial charge in [-0.2, -0.15) is 4.31 Å². The third-order valence-corrected chi connectivity index (χ3v) is 6.12. The van der Waals surface area contributed by atoms with Gasteiger partial charge in [-0.3, -0.25) is 9.97 Å². The van der Waals surface area contributed by atoms with E-state index in [0.29, 0.717) is 18.0 Å². The molecule has 2 heterocycles. The molecule has 1 aromatic heterocycles. The molecule has 1 saturated heterocycles. The number of hydrogen-bond acceptors (Lipinski definition) is 4. The van der Waals surface area contributed by atoms with Crippen molar-refractivity contribution in [2.45, 2.75) is 30.6 Å². The van der Waals surface area contributed by atoms with E-state index in [2.05, 4.69) is 9.97 Å². The predicted octanol–water partition coefficient (Wildman–Crippen LogP) is 2.35. The molecule has 1 fully saturated rings. The zero-order chi connectivity index (χ0) is 15.6. The van der Waals surface area contributed by atoms with Crippen LogP contribution in [0.15, 0.2) is 47.8 Å². The molecule has 0 saturated carbocycles. The van der Waals surface area contributed by atoms with Gasteiger partial charge < -0.3 is 0 Å². The molecule has 1 aliphatic rings. The SMILES string of the molecule is Cc1ccccc1S(=O)(=O)N1CCCC(c2cnccn2)C1. The van der Waals surface area contributed by atoms with E-state index in [4.69, 9.17) is 0 Å². The normalized spacial score (nSPS) is 20.0. The van der Waals surface area contributed by atoms with Gasteiger partial charge in [0.25, 0.3) is 0 Å². The van der Waals surface area contributed by atoms with Gasteiger partial charge >= 0.3 is 0 Å². The maximum atomic E-state index is 12.9. The highest BCUT2D eigenvalue weighted by Crippen LogP contribution is 2.29. The van der Waals surface area contributed by atoms with Crippen LogP contribution in [0.5, 0.6) is 0 Å². The lowest BCUT2D eigenvalue weighted by Gasteiger charge is -2.31. The number of piperidine rings is 1. The zero-order valence-corrected chi connectivity index (χ0v) is 13.3. The van der Waals surface area contributed by atoms with Gasteiger partial charge in [0.2, 0.25) is 10.0 Å². The predicted molar refractivity (Wildman–Crippen MR) is 83.9 cm³/mol. The summed E-state index contributed by atoms with van der Waals surface area (Å²) in [5.41, 5.74) is 1.65. The highest BCUT2D eigenvalue weighted by atomic mass is 32.2. The summed E-state index contributed by atoms with van der Waals surface area (Å²) in [6.07, 6.45) is 6.80. The van der Waals surface area contributed by atoms with E-state index in [1.54, 1.807) is 35.0 Å². The van der Waals surface area contributed by atoms with Crippen LogP contribution in [0.3, 0.4) is 0 Å². The first-order chi connectivity index (χ1) is 10.6. The van der Waals surface area contributed by atoms with Gasteiger partial charge in [-0.1, -0.05) is 18.2 Å². The Labute approximate surface area is 131 Å². The summed E-state index contributed by atoms with van der Waals surface area (Å²) in [5, 5.41) is 0. The van der Waals surface area contributed by atoms with Gasteiger partial charge in [-0.05, 0) is 31.4 Å². The lowest BCUT2D eigenvalue weighted by atomic mass is 9.96. The molecule has 0 spiro atoms. The highest BCUT2D eigenvalue weighted by Gasteiger charge is 2.32. The quantitative estimate of drug-likeness (QED) is 0.872. The van der Waals surface area contributed by atoms with Crippen LogP contribution in [0.2, 0.25) is 0 Å². The molecule has 5 nitrogen and oxygen atoms in total. The van der Waals surface area contributed by atoms with E-state index in [-0.39, 0.29) is 5.92 Å². The fraction of sp³-hybridized carbons (Fsp3) is 0.375. The Hall–Kier alpha value is -1.79. The first-order valence-electron chi connectivity index (χ1n) is 7.41. The fourth-order valence-electron chi connectivity index (χ4n) is 2.91. The summed E-state index contributed by atoms with van der Waals surface area (Å²) >= 11 is 0. The van der Waals surface area contributed by atoms with Crippen LogP contribution >= 0.6 is 0 Å². The van der Waals surface area contributed by atoms with Crippen molar-refractivity contribution >= 4 is 10.0 Å². The van der Waals surface area contributed by atoms with Crippen molar-refractivity contribution in [3.8, 4) is 0 Å². The standard InChI is InChI=1S/C16H19N3O2S/c1-13-5-2-3-7-16(13)22(20,21)19-10-4-6-14(12-19)15-11-17-8-9-18-15/h2-3,5,7-9,11,14H,4,6,10,12H2,1H3. The summed E-state index contributed by atoms with van der Waals surface area (Å²) in [6, 6.07) is 7.13. The second-order valence-corrected chi connectivity index (χ2v) is 7.50. The van der Waals surface area contributed by atoms with Crippen molar-refractivity contribution in [2.24, 2.45) is 0 Å². The van der Waals surface area contributed by atoms with Gasteiger partial charge in [0.1, 0.15) is 0 Å². The van der Waals surface area contributed by atoms with Gasteiger partial charge in [-0.25, -0.2) is 8.42 Å². The van der Waals surface area contributed by atoms with Gasteiger partial charge in [0.15, 0.2) is 0 Å². The molecule has 1 aromatic carbocycles. The number of aryl methyl sites for hydroxylation is 1. The Morgan fingerprint density at radius 2 is 2.05 bits per heavy atom. The molecule has 1 atom stereocenters. The van der Waals surface area contributed by atoms with Crippen molar-refractivity contribution in [3.63, 3.8) is 0 Å². The Morgan fingerprint density at radius 1 is 1.23 bits per heavy atom. The summed E-state index contributed by atoms with van der Waals surface area (Å²) in [4.78, 5) is 8.81. The second kappa shape index (κ2) is 6.14. The van der Waals surface area contributed by atoms with Crippen molar-refractivity contribution in [1.29, 1.82) is 0 Å². The minimum Gasteiger partial charge on any atom is -0.261 e. The first-order valence-corrected chi connectivity index (χ1v) is 8.85. The van der Waals surface area contributed by atoms with E-state index in [1.165, 1.54) is 0 Å². The Kier molecular flexibility index (Phi) is 4.22. The lowest BCUT2D eigenvalue weighted by molar-refractivity contribution is 0.312. The van der Waals surface area contributed by atoms with Crippen molar-refractivity contribution in [3.05, 3.63) is 54.1 Å². The van der Waals surface area contributed by atoms with E-state index in [1.807, 2.05) is 19.1 Å². The highest BCUT2D eigenvalue weighted by molar-refractivity contribution is 7.89. The fourth-order valence-corrected chi connectivity index (χ4v) is 4.66. The van der Waals surface area contributed by atoms with Crippen LogP contribution in [-0.4, -0.2) is 35.8 Å². The minimum atomic E-state index is -3.45. The maximum absolute atomic E-state index is 12.9. The molecule has 22 heavy (non-hydrogen) atoms. The van der Waals surface area contributed by atoms with Crippen LogP contribution in [-0.2, 0) is 10.0 Å². The summed E-state index contributed by atoms with van der Waals surface area (Å²) in [7, 11) is -3.45. The Balaban J connectivity index is 1.87. The van der Waals surface area contributed by atoms with Crippen LogP contribution in [0.25, 0.3) is 0 Å². The third-order valence-electron chi connectivity index (χ3n) is 4.10. The molecule has 0 radical (unpaired) electrons. The number of rotatable bonds is 3. The summed E-state index contributed by atoms with van der Waals surface area (Å²) in [5.74, 6) is 0.112. The van der Waals surface area contributed by atoms with E-state index in [0.717, 1.165) is 24.1 Å². The second-order valence-electron chi connectivity index (χ2n) is 5.60. The maximum Gasteiger partial charge on any atom is 0.243 e. The van der Waals surface area contributed by atoms with Gasteiger partial charge in [0.05, 0.1) is 10.6 Å². The van der Waals surface area contributed by atoms with Crippen molar-refractivity contribution in [2.75, 3.05) is 13.1 Å². The molecule has 2 aromatic rings. The number of hydrogen-bond donors (Lipinski definition) is 0. The average molecular weight is 317 g/mol. The van der Waals surface area contributed by atoms with Crippen molar-refractivity contribution < 1.29 is 8.42 Å². The molecule has 0 amide bonds. The molecule has 0 bridgehead atoms. The number of aromatic nitrogens is 2.